The van der Waals surface area contributed by atoms with Gasteiger partial charge in [0.1, 0.15) is 23.1 Å². The van der Waals surface area contributed by atoms with Gasteiger partial charge in [0.2, 0.25) is 5.88 Å². The van der Waals surface area contributed by atoms with Gasteiger partial charge in [0.25, 0.3) is 17.7 Å². The van der Waals surface area contributed by atoms with Crippen molar-refractivity contribution >= 4 is 67.4 Å². The van der Waals surface area contributed by atoms with Crippen LogP contribution in [0.25, 0.3) is 88.1 Å². The molecular formula is C99H91F2N15O7. The predicted molar refractivity (Wildman–Crippen MR) is 472 cm³/mol. The molecule has 3 fully saturated rings. The van der Waals surface area contributed by atoms with E-state index in [0.29, 0.717) is 78.3 Å². The van der Waals surface area contributed by atoms with Gasteiger partial charge < -0.3 is 33.8 Å². The number of fused-ring (bicyclic) bond motifs is 4. The van der Waals surface area contributed by atoms with E-state index in [2.05, 4.69) is 52.0 Å². The predicted octanol–water partition coefficient (Wildman–Crippen LogP) is 20.3. The van der Waals surface area contributed by atoms with Crippen molar-refractivity contribution < 1.29 is 42.2 Å². The van der Waals surface area contributed by atoms with Gasteiger partial charge in [-0.25, -0.2) is 13.6 Å². The molecule has 22 nitrogen and oxygen atoms in total. The molecule has 3 aliphatic carbocycles. The summed E-state index contributed by atoms with van der Waals surface area (Å²) in [4.78, 5) is 59.4. The summed E-state index contributed by atoms with van der Waals surface area (Å²) in [5.74, 6) is 1.41. The van der Waals surface area contributed by atoms with E-state index < -0.39 is 0 Å². The summed E-state index contributed by atoms with van der Waals surface area (Å²) in [5, 5.41) is 46.1. The molecule has 3 saturated carbocycles. The van der Waals surface area contributed by atoms with Crippen molar-refractivity contribution in [1.29, 1.82) is 5.26 Å². The van der Waals surface area contributed by atoms with Gasteiger partial charge in [0.15, 0.2) is 0 Å². The van der Waals surface area contributed by atoms with Crippen molar-refractivity contribution in [2.45, 2.75) is 103 Å². The molecule has 4 N–H and O–H groups in total. The minimum Gasteiger partial charge on any atom is -0.490 e. The lowest BCUT2D eigenvalue weighted by atomic mass is 9.76. The number of carbonyl (C=O) groups is 4. The summed E-state index contributed by atoms with van der Waals surface area (Å²) in [6, 6.07) is 72.9. The second-order valence-corrected chi connectivity index (χ2v) is 31.3. The molecule has 0 radical (unpaired) electrons. The molecule has 16 aromatic rings. The summed E-state index contributed by atoms with van der Waals surface area (Å²) >= 11 is 0. The van der Waals surface area contributed by atoms with Crippen LogP contribution in [0.15, 0.2) is 262 Å². The maximum Gasteiger partial charge on any atom is 0.344 e. The third kappa shape index (κ3) is 18.9. The van der Waals surface area contributed by atoms with E-state index in [1.54, 1.807) is 108 Å². The van der Waals surface area contributed by atoms with Gasteiger partial charge in [-0.3, -0.25) is 34.8 Å². The van der Waals surface area contributed by atoms with E-state index in [4.69, 9.17) is 14.2 Å². The second-order valence-electron chi connectivity index (χ2n) is 31.3. The number of H-pyrrole nitrogens is 4. The smallest absolute Gasteiger partial charge is 0.344 e. The highest BCUT2D eigenvalue weighted by atomic mass is 19.1. The molecule has 0 bridgehead atoms. The molecule has 3 aliphatic rings. The summed E-state index contributed by atoms with van der Waals surface area (Å²) in [5.41, 5.74) is 18.2. The van der Waals surface area contributed by atoms with Crippen LogP contribution in [0.1, 0.15) is 129 Å². The molecule has 19 rings (SSSR count). The second kappa shape index (κ2) is 37.2. The Balaban J connectivity index is 0.000000122. The van der Waals surface area contributed by atoms with E-state index in [0.717, 1.165) is 161 Å². The largest absolute Gasteiger partial charge is 0.490 e. The summed E-state index contributed by atoms with van der Waals surface area (Å²) in [7, 11) is 7.15. The quantitative estimate of drug-likeness (QED) is 0.0492. The number of halogens is 2. The Hall–Kier alpha value is -14.9. The molecule has 5 heterocycles. The van der Waals surface area contributed by atoms with Crippen LogP contribution < -0.4 is 14.2 Å². The van der Waals surface area contributed by atoms with Crippen LogP contribution in [0.4, 0.5) is 13.6 Å². The van der Waals surface area contributed by atoms with Crippen molar-refractivity contribution in [3.05, 3.63) is 323 Å². The number of benzene rings is 11. The number of ether oxygens (including phenoxy) is 3. The zero-order valence-electron chi connectivity index (χ0n) is 68.8. The molecule has 0 aliphatic heterocycles. The zero-order chi connectivity index (χ0) is 85.0. The molecule has 11 aromatic carbocycles. The molecule has 0 atom stereocenters. The number of rotatable bonds is 22. The first kappa shape index (κ1) is 81.9. The summed E-state index contributed by atoms with van der Waals surface area (Å²) in [6.45, 7) is 4.20. The maximum absolute atomic E-state index is 13.8. The molecule has 0 saturated heterocycles. The number of carbonyl (C=O) groups excluding carboxylic acids is 4. The highest BCUT2D eigenvalue weighted by Crippen LogP contribution is 2.43. The minimum atomic E-state index is -0.301. The standard InChI is InChI=1S/C26H24FN3O2.C26H24FN3O.C26H22N4O2.C21H21N5O2/c1-30(16-20-7-2-6-19-15-28-29-25(19)20)26(31)18-11-12-23(17-5-3-8-21(27)13-17)24(14-18)32-22-9-4-10-22;1-30(16-21-9-3-8-20-15-28-29-25(20)21)26(31)19-11-12-23(18-7-4-10-22(27)13-18)24(14-19)17-5-2-6-17;1-30(16-21-7-3-6-20-15-28-29-25(20)21)26(31)19-8-11-23(24(13-19)32-22-9-10-22)18-5-2-4-17(12-18)14-27;1-3-28-20-18(15-8-5-4-6-9-15)14-26(24-20)21(27)25(2)13-17-11-7-10-16-12-22-23-19(16)17/h2-3,5-8,11-15,22H,4,9-10,16H2,1H3,(H,28,29);3-4,7-15,17H,2,5-6,16H2,1H3,(H,28,29);2-8,11-13,15,22H,9-10,16H2,1H3,(H,28,29);4-12,14H,3,13H2,1-2H3,(H,22,23). The molecule has 24 heteroatoms. The van der Waals surface area contributed by atoms with Crippen molar-refractivity contribution in [1.82, 2.24) is 70.2 Å². The van der Waals surface area contributed by atoms with E-state index in [1.165, 1.54) is 29.3 Å². The number of amides is 4. The molecule has 618 valence electrons. The van der Waals surface area contributed by atoms with E-state index in [-0.39, 0.29) is 47.6 Å². The third-order valence-corrected chi connectivity index (χ3v) is 22.5. The van der Waals surface area contributed by atoms with Crippen LogP contribution in [0.3, 0.4) is 0 Å². The molecule has 5 aromatic heterocycles. The molecule has 4 amide bonds. The number of nitriles is 1. The van der Waals surface area contributed by atoms with Crippen molar-refractivity contribution in [2.24, 2.45) is 0 Å². The van der Waals surface area contributed by atoms with Crippen LogP contribution in [-0.2, 0) is 26.2 Å². The van der Waals surface area contributed by atoms with Crippen molar-refractivity contribution in [3.63, 3.8) is 0 Å². The summed E-state index contributed by atoms with van der Waals surface area (Å²) in [6.07, 6.45) is 17.7. The number of para-hydroxylation sites is 4. The SMILES string of the molecule is CCOc1nn(C(=O)N(C)Cc2cccc3cn[nH]c23)cc1-c1ccccc1.CN(Cc1cccc2cn[nH]c12)C(=O)c1ccc(-c2cccc(C#N)c2)c(OC2CC2)c1.CN(Cc1cccc2cn[nH]c12)C(=O)c1ccc(-c2cccc(F)c2)c(C2CCC2)c1.CN(Cc1cccc2cn[nH]c12)C(=O)c1ccc(-c2cccc(F)c2)c(OC2CCC2)c1. The fourth-order valence-electron chi connectivity index (χ4n) is 15.4. The lowest BCUT2D eigenvalue weighted by Crippen LogP contribution is -2.31. The van der Waals surface area contributed by atoms with Gasteiger partial charge in [0.05, 0.1) is 82.9 Å². The van der Waals surface area contributed by atoms with Gasteiger partial charge >= 0.3 is 6.03 Å². The van der Waals surface area contributed by atoms with Crippen LogP contribution in [-0.4, -0.2) is 141 Å². The average molecular weight is 1640 g/mol. The van der Waals surface area contributed by atoms with Crippen LogP contribution in [0, 0.1) is 23.0 Å². The van der Waals surface area contributed by atoms with E-state index in [1.807, 2.05) is 190 Å². The zero-order valence-corrected chi connectivity index (χ0v) is 68.8. The number of nitrogens with zero attached hydrogens (tertiary/aromatic N) is 11. The molecular weight excluding hydrogens is 1550 g/mol. The maximum atomic E-state index is 13.8. The fourth-order valence-corrected chi connectivity index (χ4v) is 15.4. The lowest BCUT2D eigenvalue weighted by Gasteiger charge is -2.29. The molecule has 0 unspecified atom stereocenters. The number of aromatic nitrogens is 10. The first-order valence-corrected chi connectivity index (χ1v) is 41.2. The van der Waals surface area contributed by atoms with Gasteiger partial charge in [0, 0.05) is 110 Å². The monoisotopic (exact) mass is 1640 g/mol. The Morgan fingerprint density at radius 3 is 1.24 bits per heavy atom. The lowest BCUT2D eigenvalue weighted by molar-refractivity contribution is 0.0777. The van der Waals surface area contributed by atoms with Crippen LogP contribution >= 0.6 is 0 Å². The Morgan fingerprint density at radius 2 is 0.829 bits per heavy atom. The highest BCUT2D eigenvalue weighted by molar-refractivity contribution is 5.98. The normalized spacial score (nSPS) is 12.9. The highest BCUT2D eigenvalue weighted by Gasteiger charge is 2.30. The number of nitrogens with one attached hydrogen (secondary N) is 4. The average Bonchev–Trinajstić information content (AvgIpc) is 1.42. The first-order valence-electron chi connectivity index (χ1n) is 41.2. The third-order valence-electron chi connectivity index (χ3n) is 22.5. The Labute approximate surface area is 709 Å². The topological polar surface area (TPSA) is 265 Å². The Morgan fingerprint density at radius 1 is 0.431 bits per heavy atom. The van der Waals surface area contributed by atoms with E-state index in [9.17, 15) is 33.2 Å². The van der Waals surface area contributed by atoms with Gasteiger partial charge in [-0.2, -0.15) is 30.3 Å². The van der Waals surface area contributed by atoms with Crippen LogP contribution in [0.5, 0.6) is 17.4 Å². The van der Waals surface area contributed by atoms with E-state index >= 15 is 0 Å². The van der Waals surface area contributed by atoms with Crippen LogP contribution in [0.2, 0.25) is 0 Å². The summed E-state index contributed by atoms with van der Waals surface area (Å²) < 4.78 is 47.0. The minimum absolute atomic E-state index is 0.0251. The van der Waals surface area contributed by atoms with Gasteiger partial charge in [-0.05, 0) is 198 Å². The fraction of sp³-hybridized carbons (Fsp3) is 0.212. The Kier molecular flexibility index (Phi) is 24.8. The Bertz CT molecular complexity index is 6550. The number of hydrogen-bond donors (Lipinski definition) is 4. The van der Waals surface area contributed by atoms with Gasteiger partial charge in [-0.15, -0.1) is 5.10 Å². The molecule has 0 spiro atoms. The first-order chi connectivity index (χ1) is 60.0. The van der Waals surface area contributed by atoms with Crippen molar-refractivity contribution in [2.75, 3.05) is 34.8 Å². The number of hydrogen-bond acceptors (Lipinski definition) is 13. The van der Waals surface area contributed by atoms with Crippen molar-refractivity contribution in [3.8, 4) is 68.0 Å². The number of aromatic amines is 4. The van der Waals surface area contributed by atoms with Gasteiger partial charge in [-0.1, -0.05) is 152 Å². The molecule has 123 heavy (non-hydrogen) atoms.